The Labute approximate surface area is 152 Å². The normalized spacial score (nSPS) is 12.2. The number of nitrogens with two attached hydrogens (primary N) is 1. The van der Waals surface area contributed by atoms with Gasteiger partial charge in [0.05, 0.1) is 11.9 Å². The third-order valence-electron chi connectivity index (χ3n) is 3.42. The van der Waals surface area contributed by atoms with Gasteiger partial charge in [0.15, 0.2) is 5.82 Å². The molecule has 1 heterocycles. The summed E-state index contributed by atoms with van der Waals surface area (Å²) in [4.78, 5) is 12.1. The summed E-state index contributed by atoms with van der Waals surface area (Å²) in [7, 11) is 0. The van der Waals surface area contributed by atoms with E-state index in [2.05, 4.69) is 29.4 Å². The van der Waals surface area contributed by atoms with Gasteiger partial charge in [-0.1, -0.05) is 25.6 Å². The highest BCUT2D eigenvalue weighted by molar-refractivity contribution is 8.00. The Hall–Kier alpha value is -2.22. The van der Waals surface area contributed by atoms with Crippen LogP contribution in [-0.2, 0) is 4.79 Å². The van der Waals surface area contributed by atoms with Crippen molar-refractivity contribution in [2.24, 2.45) is 5.92 Å². The average Bonchev–Trinajstić information content (AvgIpc) is 2.94. The Balaban J connectivity index is 2.06. The van der Waals surface area contributed by atoms with Crippen LogP contribution in [-0.4, -0.2) is 39.2 Å². The van der Waals surface area contributed by atoms with Crippen molar-refractivity contribution in [3.05, 3.63) is 24.3 Å². The maximum atomic E-state index is 12.1. The number of amides is 1. The SMILES string of the molecule is CCOc1ccc(-c2nnc(SC(C)C(=O)NCC(C)C)n2N)cc1. The van der Waals surface area contributed by atoms with Gasteiger partial charge >= 0.3 is 0 Å². The van der Waals surface area contributed by atoms with Crippen LogP contribution in [0.2, 0.25) is 0 Å². The van der Waals surface area contributed by atoms with Gasteiger partial charge in [0.1, 0.15) is 5.75 Å². The Morgan fingerprint density at radius 1 is 1.28 bits per heavy atom. The fraction of sp³-hybridized carbons (Fsp3) is 0.471. The van der Waals surface area contributed by atoms with Gasteiger partial charge in [-0.3, -0.25) is 4.79 Å². The van der Waals surface area contributed by atoms with E-state index in [0.29, 0.717) is 30.1 Å². The fourth-order valence-electron chi connectivity index (χ4n) is 2.08. The Morgan fingerprint density at radius 3 is 2.56 bits per heavy atom. The molecule has 0 fully saturated rings. The minimum Gasteiger partial charge on any atom is -0.494 e. The van der Waals surface area contributed by atoms with E-state index in [1.54, 1.807) is 0 Å². The van der Waals surface area contributed by atoms with Crippen molar-refractivity contribution < 1.29 is 9.53 Å². The summed E-state index contributed by atoms with van der Waals surface area (Å²) >= 11 is 1.28. The summed E-state index contributed by atoms with van der Waals surface area (Å²) in [5, 5.41) is 11.3. The zero-order valence-corrected chi connectivity index (χ0v) is 15.8. The van der Waals surface area contributed by atoms with Gasteiger partial charge in [0.25, 0.3) is 0 Å². The van der Waals surface area contributed by atoms with E-state index in [-0.39, 0.29) is 11.2 Å². The van der Waals surface area contributed by atoms with Gasteiger partial charge < -0.3 is 15.9 Å². The summed E-state index contributed by atoms with van der Waals surface area (Å²) in [6.07, 6.45) is 0. The molecule has 0 aliphatic carbocycles. The van der Waals surface area contributed by atoms with E-state index in [4.69, 9.17) is 10.6 Å². The Kier molecular flexibility index (Phi) is 6.69. The zero-order valence-electron chi connectivity index (χ0n) is 15.0. The molecule has 0 aliphatic heterocycles. The molecule has 1 aromatic heterocycles. The number of nitrogen functional groups attached to an aromatic ring is 1. The molecule has 2 aromatic rings. The lowest BCUT2D eigenvalue weighted by atomic mass is 10.2. The molecule has 0 saturated heterocycles. The highest BCUT2D eigenvalue weighted by Gasteiger charge is 2.20. The number of benzene rings is 1. The number of carbonyl (C=O) groups excluding carboxylic acids is 1. The molecule has 7 nitrogen and oxygen atoms in total. The number of nitrogens with zero attached hydrogens (tertiary/aromatic N) is 3. The highest BCUT2D eigenvalue weighted by atomic mass is 32.2. The molecule has 1 unspecified atom stereocenters. The van der Waals surface area contributed by atoms with Gasteiger partial charge in [-0.2, -0.15) is 0 Å². The van der Waals surface area contributed by atoms with Crippen LogP contribution in [0.5, 0.6) is 5.75 Å². The largest absolute Gasteiger partial charge is 0.494 e. The maximum Gasteiger partial charge on any atom is 0.233 e. The quantitative estimate of drug-likeness (QED) is 0.552. The van der Waals surface area contributed by atoms with Crippen LogP contribution in [0.1, 0.15) is 27.7 Å². The van der Waals surface area contributed by atoms with Crippen molar-refractivity contribution in [3.63, 3.8) is 0 Å². The van der Waals surface area contributed by atoms with E-state index in [1.165, 1.54) is 16.4 Å². The molecular weight excluding hydrogens is 338 g/mol. The van der Waals surface area contributed by atoms with Crippen LogP contribution < -0.4 is 15.9 Å². The molecule has 0 spiro atoms. The van der Waals surface area contributed by atoms with Crippen molar-refractivity contribution in [1.82, 2.24) is 20.2 Å². The monoisotopic (exact) mass is 363 g/mol. The molecule has 8 heteroatoms. The molecule has 1 aromatic carbocycles. The van der Waals surface area contributed by atoms with Crippen molar-refractivity contribution in [3.8, 4) is 17.1 Å². The number of hydrogen-bond acceptors (Lipinski definition) is 6. The van der Waals surface area contributed by atoms with Crippen molar-refractivity contribution in [2.75, 3.05) is 19.0 Å². The Bertz CT molecular complexity index is 700. The van der Waals surface area contributed by atoms with E-state index in [1.807, 2.05) is 38.1 Å². The summed E-state index contributed by atoms with van der Waals surface area (Å²) in [5.74, 6) is 7.81. The molecule has 25 heavy (non-hydrogen) atoms. The van der Waals surface area contributed by atoms with Crippen LogP contribution in [0.15, 0.2) is 29.4 Å². The maximum absolute atomic E-state index is 12.1. The summed E-state index contributed by atoms with van der Waals surface area (Å²) in [6.45, 7) is 9.13. The second-order valence-corrected chi connectivity index (χ2v) is 7.34. The van der Waals surface area contributed by atoms with Gasteiger partial charge in [0, 0.05) is 12.1 Å². The number of thioether (sulfide) groups is 1. The molecule has 0 aliphatic rings. The first kappa shape index (κ1) is 19.1. The van der Waals surface area contributed by atoms with Crippen LogP contribution in [0.4, 0.5) is 0 Å². The van der Waals surface area contributed by atoms with Gasteiger partial charge in [-0.15, -0.1) is 10.2 Å². The second kappa shape index (κ2) is 8.75. The number of aromatic nitrogens is 3. The smallest absolute Gasteiger partial charge is 0.233 e. The van der Waals surface area contributed by atoms with E-state index < -0.39 is 0 Å². The van der Waals surface area contributed by atoms with Gasteiger partial charge in [-0.25, -0.2) is 4.68 Å². The van der Waals surface area contributed by atoms with Gasteiger partial charge in [-0.05, 0) is 44.0 Å². The van der Waals surface area contributed by atoms with Crippen LogP contribution >= 0.6 is 11.8 Å². The first-order valence-electron chi connectivity index (χ1n) is 8.30. The number of nitrogens with one attached hydrogen (secondary N) is 1. The van der Waals surface area contributed by atoms with Crippen molar-refractivity contribution in [1.29, 1.82) is 0 Å². The first-order valence-corrected chi connectivity index (χ1v) is 9.18. The second-order valence-electron chi connectivity index (χ2n) is 6.03. The predicted molar refractivity (Wildman–Crippen MR) is 99.9 cm³/mol. The fourth-order valence-corrected chi connectivity index (χ4v) is 2.88. The molecule has 0 saturated carbocycles. The average molecular weight is 363 g/mol. The number of hydrogen-bond donors (Lipinski definition) is 2. The van der Waals surface area contributed by atoms with Crippen LogP contribution in [0, 0.1) is 5.92 Å². The lowest BCUT2D eigenvalue weighted by Gasteiger charge is -2.12. The minimum absolute atomic E-state index is 0.0377. The Morgan fingerprint density at radius 2 is 1.96 bits per heavy atom. The lowest BCUT2D eigenvalue weighted by molar-refractivity contribution is -0.120. The first-order chi connectivity index (χ1) is 11.9. The third kappa shape index (κ3) is 5.12. The van der Waals surface area contributed by atoms with E-state index >= 15 is 0 Å². The highest BCUT2D eigenvalue weighted by Crippen LogP contribution is 2.26. The standard InChI is InChI=1S/C17H25N5O2S/c1-5-24-14-8-6-13(7-9-14)15-20-21-17(22(15)18)25-12(4)16(23)19-10-11(2)3/h6-9,11-12H,5,10,18H2,1-4H3,(H,19,23). The molecule has 3 N–H and O–H groups in total. The number of rotatable bonds is 8. The van der Waals surface area contributed by atoms with Crippen LogP contribution in [0.3, 0.4) is 0 Å². The lowest BCUT2D eigenvalue weighted by Crippen LogP contribution is -2.33. The third-order valence-corrected chi connectivity index (χ3v) is 4.48. The number of ether oxygens (including phenoxy) is 1. The molecule has 136 valence electrons. The molecule has 1 atom stereocenters. The molecular formula is C17H25N5O2S. The summed E-state index contributed by atoms with van der Waals surface area (Å²) in [5.41, 5.74) is 0.835. The summed E-state index contributed by atoms with van der Waals surface area (Å²) in [6, 6.07) is 7.49. The topological polar surface area (TPSA) is 95.1 Å². The molecule has 0 bridgehead atoms. The summed E-state index contributed by atoms with van der Waals surface area (Å²) < 4.78 is 6.84. The molecule has 2 rings (SSSR count). The van der Waals surface area contributed by atoms with E-state index in [9.17, 15) is 4.79 Å². The van der Waals surface area contributed by atoms with Gasteiger partial charge in [0.2, 0.25) is 11.1 Å². The van der Waals surface area contributed by atoms with E-state index in [0.717, 1.165) is 11.3 Å². The predicted octanol–water partition coefficient (Wildman–Crippen LogP) is 2.31. The molecule has 1 amide bonds. The van der Waals surface area contributed by atoms with Crippen molar-refractivity contribution in [2.45, 2.75) is 38.1 Å². The minimum atomic E-state index is -0.307. The number of carbonyl (C=O) groups is 1. The van der Waals surface area contributed by atoms with Crippen molar-refractivity contribution >= 4 is 17.7 Å². The van der Waals surface area contributed by atoms with Crippen LogP contribution in [0.25, 0.3) is 11.4 Å². The molecule has 0 radical (unpaired) electrons. The zero-order chi connectivity index (χ0) is 18.4.